The number of carbonyl (C=O) groups excluding carboxylic acids is 2. The summed E-state index contributed by atoms with van der Waals surface area (Å²) >= 11 is 1.20. The van der Waals surface area contributed by atoms with E-state index in [0.717, 1.165) is 0 Å². The molecule has 0 radical (unpaired) electrons. The molecule has 1 unspecified atom stereocenters. The molecule has 1 fully saturated rings. The second-order valence-corrected chi connectivity index (χ2v) is 6.20. The molecule has 8 heteroatoms. The van der Waals surface area contributed by atoms with Crippen molar-refractivity contribution in [3.05, 3.63) is 30.1 Å². The third-order valence-corrected chi connectivity index (χ3v) is 4.35. The number of amides is 2. The van der Waals surface area contributed by atoms with Crippen LogP contribution in [0.3, 0.4) is 0 Å². The van der Waals surface area contributed by atoms with Gasteiger partial charge in [-0.15, -0.1) is 11.8 Å². The molecule has 1 heterocycles. The third kappa shape index (κ3) is 4.69. The number of para-hydroxylation sites is 1. The Morgan fingerprint density at radius 3 is 2.83 bits per heavy atom. The Bertz CT molecular complexity index is 611. The molecule has 1 atom stereocenters. The van der Waals surface area contributed by atoms with Crippen LogP contribution in [0, 0.1) is 11.7 Å². The number of carbonyl (C=O) groups is 3. The van der Waals surface area contributed by atoms with Crippen LogP contribution >= 0.6 is 11.8 Å². The van der Waals surface area contributed by atoms with Gasteiger partial charge >= 0.3 is 5.97 Å². The largest absolute Gasteiger partial charge is 0.481 e. The minimum absolute atomic E-state index is 0.0150. The fourth-order valence-electron chi connectivity index (χ4n) is 2.34. The topological polar surface area (TPSA) is 86.7 Å². The summed E-state index contributed by atoms with van der Waals surface area (Å²) in [5.41, 5.74) is 0.185. The average Bonchev–Trinajstić information content (AvgIpc) is 2.89. The molecule has 2 N–H and O–H groups in total. The van der Waals surface area contributed by atoms with Crippen LogP contribution < -0.4 is 10.2 Å². The first kappa shape index (κ1) is 17.3. The monoisotopic (exact) mass is 340 g/mol. The summed E-state index contributed by atoms with van der Waals surface area (Å²) in [7, 11) is 0. The summed E-state index contributed by atoms with van der Waals surface area (Å²) in [6, 6.07) is 5.96. The molecule has 1 aliphatic heterocycles. The van der Waals surface area contributed by atoms with E-state index in [-0.39, 0.29) is 36.2 Å². The highest BCUT2D eigenvalue weighted by atomic mass is 32.2. The van der Waals surface area contributed by atoms with Gasteiger partial charge in [0.2, 0.25) is 11.8 Å². The zero-order valence-corrected chi connectivity index (χ0v) is 13.1. The van der Waals surface area contributed by atoms with Gasteiger partial charge in [-0.05, 0) is 12.1 Å². The lowest BCUT2D eigenvalue weighted by atomic mass is 10.1. The highest BCUT2D eigenvalue weighted by Gasteiger charge is 2.35. The summed E-state index contributed by atoms with van der Waals surface area (Å²) in [6.07, 6.45) is 0.0441. The number of benzene rings is 1. The van der Waals surface area contributed by atoms with Crippen LogP contribution in [0.25, 0.3) is 0 Å². The SMILES string of the molecule is O=C(O)CSCCNC(=O)C1CC(=O)N(c2ccccc2F)C1. The molecule has 0 aliphatic carbocycles. The molecular weight excluding hydrogens is 323 g/mol. The minimum atomic E-state index is -0.900. The molecule has 6 nitrogen and oxygen atoms in total. The molecule has 1 aliphatic rings. The molecule has 0 aromatic heterocycles. The van der Waals surface area contributed by atoms with Crippen molar-refractivity contribution in [1.29, 1.82) is 0 Å². The van der Waals surface area contributed by atoms with E-state index in [1.54, 1.807) is 12.1 Å². The number of hydrogen-bond acceptors (Lipinski definition) is 4. The minimum Gasteiger partial charge on any atom is -0.481 e. The quantitative estimate of drug-likeness (QED) is 0.726. The Morgan fingerprint density at radius 2 is 2.13 bits per heavy atom. The van der Waals surface area contributed by atoms with Gasteiger partial charge in [0.1, 0.15) is 5.82 Å². The number of hydrogen-bond donors (Lipinski definition) is 2. The Hall–Kier alpha value is -2.09. The smallest absolute Gasteiger partial charge is 0.313 e. The summed E-state index contributed by atoms with van der Waals surface area (Å²) < 4.78 is 13.8. The highest BCUT2D eigenvalue weighted by molar-refractivity contribution is 7.99. The van der Waals surface area contributed by atoms with Crippen LogP contribution in [-0.4, -0.2) is 47.5 Å². The molecule has 23 heavy (non-hydrogen) atoms. The summed E-state index contributed by atoms with van der Waals surface area (Å²) in [5, 5.41) is 11.2. The van der Waals surface area contributed by atoms with Crippen LogP contribution in [0.1, 0.15) is 6.42 Å². The molecular formula is C15H17FN2O4S. The van der Waals surface area contributed by atoms with E-state index in [1.165, 1.54) is 28.8 Å². The number of carboxylic acids is 1. The van der Waals surface area contributed by atoms with Crippen molar-refractivity contribution in [3.63, 3.8) is 0 Å². The molecule has 0 bridgehead atoms. The van der Waals surface area contributed by atoms with Gasteiger partial charge in [0, 0.05) is 25.3 Å². The van der Waals surface area contributed by atoms with E-state index in [4.69, 9.17) is 5.11 Å². The van der Waals surface area contributed by atoms with Gasteiger partial charge in [-0.3, -0.25) is 14.4 Å². The van der Waals surface area contributed by atoms with E-state index in [1.807, 2.05) is 0 Å². The van der Waals surface area contributed by atoms with Crippen LogP contribution in [0.4, 0.5) is 10.1 Å². The number of rotatable bonds is 7. The number of nitrogens with one attached hydrogen (secondary N) is 1. The number of carboxylic acid groups (broad SMARTS) is 1. The lowest BCUT2D eigenvalue weighted by Crippen LogP contribution is -2.34. The van der Waals surface area contributed by atoms with Crippen molar-refractivity contribution < 1.29 is 23.9 Å². The number of aliphatic carboxylic acids is 1. The van der Waals surface area contributed by atoms with Crippen LogP contribution in [0.2, 0.25) is 0 Å². The Labute approximate surface area is 137 Å². The van der Waals surface area contributed by atoms with E-state index >= 15 is 0 Å². The zero-order chi connectivity index (χ0) is 16.8. The van der Waals surface area contributed by atoms with Crippen molar-refractivity contribution >= 4 is 35.2 Å². The van der Waals surface area contributed by atoms with Crippen LogP contribution in [0.5, 0.6) is 0 Å². The first-order valence-corrected chi connectivity index (χ1v) is 8.26. The van der Waals surface area contributed by atoms with Crippen LogP contribution in [-0.2, 0) is 14.4 Å². The molecule has 1 aromatic carbocycles. The fraction of sp³-hybridized carbons (Fsp3) is 0.400. The van der Waals surface area contributed by atoms with Crippen molar-refractivity contribution in [3.8, 4) is 0 Å². The van der Waals surface area contributed by atoms with Gasteiger partial charge in [0.05, 0.1) is 17.4 Å². The maximum atomic E-state index is 13.8. The summed E-state index contributed by atoms with van der Waals surface area (Å²) in [5.74, 6) is -2.00. The normalized spacial score (nSPS) is 17.3. The summed E-state index contributed by atoms with van der Waals surface area (Å²) in [4.78, 5) is 35.7. The fourth-order valence-corrected chi connectivity index (χ4v) is 2.90. The van der Waals surface area contributed by atoms with Gasteiger partial charge in [-0.25, -0.2) is 4.39 Å². The summed E-state index contributed by atoms with van der Waals surface area (Å²) in [6.45, 7) is 0.481. The molecule has 2 amide bonds. The highest BCUT2D eigenvalue weighted by Crippen LogP contribution is 2.27. The zero-order valence-electron chi connectivity index (χ0n) is 12.3. The van der Waals surface area contributed by atoms with Gasteiger partial charge < -0.3 is 15.3 Å². The number of anilines is 1. The Morgan fingerprint density at radius 1 is 1.39 bits per heavy atom. The predicted octanol–water partition coefficient (Wildman–Crippen LogP) is 1.11. The van der Waals surface area contributed by atoms with Gasteiger partial charge in [0.25, 0.3) is 0 Å². The van der Waals surface area contributed by atoms with Crippen molar-refractivity contribution in [2.24, 2.45) is 5.92 Å². The molecule has 1 saturated heterocycles. The number of thioether (sulfide) groups is 1. The average molecular weight is 340 g/mol. The van der Waals surface area contributed by atoms with E-state index in [0.29, 0.717) is 12.3 Å². The van der Waals surface area contributed by atoms with Gasteiger partial charge in [-0.1, -0.05) is 12.1 Å². The number of halogens is 1. The van der Waals surface area contributed by atoms with Crippen molar-refractivity contribution in [2.75, 3.05) is 29.5 Å². The molecule has 1 aromatic rings. The third-order valence-electron chi connectivity index (χ3n) is 3.41. The maximum absolute atomic E-state index is 13.8. The van der Waals surface area contributed by atoms with E-state index in [9.17, 15) is 18.8 Å². The standard InChI is InChI=1S/C15H17FN2O4S/c16-11-3-1-2-4-12(11)18-8-10(7-13(18)19)15(22)17-5-6-23-9-14(20)21/h1-4,10H,5-9H2,(H,17,22)(H,20,21). The second kappa shape index (κ2) is 7.96. The van der Waals surface area contributed by atoms with E-state index in [2.05, 4.69) is 5.32 Å². The first-order valence-electron chi connectivity index (χ1n) is 7.11. The molecule has 2 rings (SSSR count). The lowest BCUT2D eigenvalue weighted by molar-refractivity contribution is -0.134. The van der Waals surface area contributed by atoms with Gasteiger partial charge in [-0.2, -0.15) is 0 Å². The van der Waals surface area contributed by atoms with Crippen molar-refractivity contribution in [2.45, 2.75) is 6.42 Å². The molecule has 0 spiro atoms. The Kier molecular flexibility index (Phi) is 5.97. The Balaban J connectivity index is 1.84. The van der Waals surface area contributed by atoms with Crippen LogP contribution in [0.15, 0.2) is 24.3 Å². The first-order chi connectivity index (χ1) is 11.0. The maximum Gasteiger partial charge on any atom is 0.313 e. The molecule has 124 valence electrons. The predicted molar refractivity (Wildman–Crippen MR) is 84.8 cm³/mol. The number of nitrogens with zero attached hydrogens (tertiary/aromatic N) is 1. The second-order valence-electron chi connectivity index (χ2n) is 5.09. The van der Waals surface area contributed by atoms with Crippen molar-refractivity contribution in [1.82, 2.24) is 5.32 Å². The lowest BCUT2D eigenvalue weighted by Gasteiger charge is -2.17. The molecule has 0 saturated carbocycles. The van der Waals surface area contributed by atoms with E-state index < -0.39 is 17.7 Å². The van der Waals surface area contributed by atoms with Gasteiger partial charge in [0.15, 0.2) is 0 Å².